The molecule has 0 aliphatic carbocycles. The number of halogens is 1. The highest BCUT2D eigenvalue weighted by atomic mass is 35.5. The number of hydrogen-bond donors (Lipinski definition) is 2. The molecular weight excluding hydrogens is 516 g/mol. The zero-order valence-electron chi connectivity index (χ0n) is 19.0. The topological polar surface area (TPSA) is 130 Å². The molecule has 9 nitrogen and oxygen atoms in total. The first-order chi connectivity index (χ1) is 16.5. The van der Waals surface area contributed by atoms with E-state index in [1.165, 1.54) is 59.9 Å². The van der Waals surface area contributed by atoms with E-state index in [1.807, 2.05) is 0 Å². The molecule has 2 aromatic carbocycles. The van der Waals surface area contributed by atoms with E-state index < -0.39 is 38.1 Å². The normalized spacial score (nSPS) is 19.3. The summed E-state index contributed by atoms with van der Waals surface area (Å²) in [6.45, 7) is -0.0650. The minimum Gasteiger partial charge on any atom is -0.497 e. The monoisotopic (exact) mass is 542 g/mol. The van der Waals surface area contributed by atoms with Crippen molar-refractivity contribution in [2.24, 2.45) is 0 Å². The first-order valence-electron chi connectivity index (χ1n) is 10.8. The molecule has 0 unspecified atom stereocenters. The second-order valence-corrected chi connectivity index (χ2v) is 12.1. The van der Waals surface area contributed by atoms with E-state index >= 15 is 0 Å². The van der Waals surface area contributed by atoms with Gasteiger partial charge in [-0.2, -0.15) is 4.31 Å². The van der Waals surface area contributed by atoms with Gasteiger partial charge < -0.3 is 9.84 Å². The Balaban J connectivity index is 1.82. The minimum absolute atomic E-state index is 0.00603. The Kier molecular flexibility index (Phi) is 8.94. The van der Waals surface area contributed by atoms with Crippen LogP contribution in [0.2, 0.25) is 5.02 Å². The summed E-state index contributed by atoms with van der Waals surface area (Å²) in [4.78, 5) is 10.8. The number of hydrogen-bond acceptors (Lipinski definition) is 6. The number of nitrogens with zero attached hydrogens (tertiary/aromatic N) is 1. The number of benzene rings is 2. The molecule has 2 N–H and O–H groups in total. The summed E-state index contributed by atoms with van der Waals surface area (Å²) in [7, 11) is -6.37. The number of allylic oxidation sites excluding steroid dienone is 1. The summed E-state index contributed by atoms with van der Waals surface area (Å²) < 4.78 is 61.5. The summed E-state index contributed by atoms with van der Waals surface area (Å²) in [6.07, 6.45) is 4.52. The van der Waals surface area contributed by atoms with Gasteiger partial charge in [0, 0.05) is 30.1 Å². The molecule has 3 rings (SSSR count). The number of methoxy groups -OCH3 is 1. The Morgan fingerprint density at radius 2 is 1.74 bits per heavy atom. The van der Waals surface area contributed by atoms with E-state index in [9.17, 15) is 21.6 Å². The molecule has 0 spiro atoms. The number of carboxylic acid groups (broad SMARTS) is 1. The third-order valence-electron chi connectivity index (χ3n) is 5.53. The lowest BCUT2D eigenvalue weighted by molar-refractivity contribution is -0.137. The fourth-order valence-corrected chi connectivity index (χ4v) is 6.79. The van der Waals surface area contributed by atoms with Crippen LogP contribution in [0.4, 0.5) is 0 Å². The Morgan fingerprint density at radius 1 is 1.11 bits per heavy atom. The average Bonchev–Trinajstić information content (AvgIpc) is 3.21. The van der Waals surface area contributed by atoms with Crippen molar-refractivity contribution in [2.75, 3.05) is 13.7 Å². The van der Waals surface area contributed by atoms with E-state index in [2.05, 4.69) is 4.72 Å². The predicted molar refractivity (Wildman–Crippen MR) is 131 cm³/mol. The zero-order chi connectivity index (χ0) is 25.6. The van der Waals surface area contributed by atoms with Crippen LogP contribution in [-0.2, 0) is 24.8 Å². The summed E-state index contributed by atoms with van der Waals surface area (Å²) in [5, 5.41) is 9.19. The molecule has 2 aromatic rings. The van der Waals surface area contributed by atoms with Gasteiger partial charge in [0.15, 0.2) is 0 Å². The standard InChI is InChI=1S/C23H27ClN2O7S2/c1-33-20-9-13-21(14-10-20)34(29,30)25-18-15-19(5-3-2-4-6-23(27)28)26(16-18)35(31,32)22-11-7-17(24)8-12-22/h3,5,7-14,18-19,25H,2,4,6,15-16H2,1H3,(H,27,28)/t18-,19-/m1/s1. The predicted octanol–water partition coefficient (Wildman–Crippen LogP) is 3.27. The maximum atomic E-state index is 13.4. The van der Waals surface area contributed by atoms with Gasteiger partial charge in [-0.25, -0.2) is 21.6 Å². The van der Waals surface area contributed by atoms with Gasteiger partial charge >= 0.3 is 5.97 Å². The molecule has 0 aromatic heterocycles. The van der Waals surface area contributed by atoms with Gasteiger partial charge in [-0.15, -0.1) is 0 Å². The van der Waals surface area contributed by atoms with Crippen molar-refractivity contribution in [1.29, 1.82) is 0 Å². The zero-order valence-corrected chi connectivity index (χ0v) is 21.4. The van der Waals surface area contributed by atoms with Crippen LogP contribution < -0.4 is 9.46 Å². The Hall–Kier alpha value is -2.44. The van der Waals surface area contributed by atoms with Crippen LogP contribution in [0.3, 0.4) is 0 Å². The van der Waals surface area contributed by atoms with E-state index in [1.54, 1.807) is 12.2 Å². The number of rotatable bonds is 11. The van der Waals surface area contributed by atoms with Gasteiger partial charge in [0.05, 0.1) is 16.9 Å². The fraction of sp³-hybridized carbons (Fsp3) is 0.348. The van der Waals surface area contributed by atoms with Crippen LogP contribution in [0.25, 0.3) is 0 Å². The van der Waals surface area contributed by atoms with Crippen molar-refractivity contribution in [3.8, 4) is 5.75 Å². The second kappa shape index (κ2) is 11.5. The summed E-state index contributed by atoms with van der Waals surface area (Å²) in [6, 6.07) is 10.4. The first kappa shape index (κ1) is 27.2. The van der Waals surface area contributed by atoms with Gasteiger partial charge in [0.25, 0.3) is 0 Å². The highest BCUT2D eigenvalue weighted by Crippen LogP contribution is 2.29. The van der Waals surface area contributed by atoms with Crippen molar-refractivity contribution in [3.63, 3.8) is 0 Å². The molecule has 1 aliphatic heterocycles. The molecule has 12 heteroatoms. The van der Waals surface area contributed by atoms with Crippen molar-refractivity contribution < 1.29 is 31.5 Å². The van der Waals surface area contributed by atoms with Crippen molar-refractivity contribution >= 4 is 37.6 Å². The second-order valence-electron chi connectivity index (χ2n) is 8.04. The Labute approximate surface area is 210 Å². The van der Waals surface area contributed by atoms with Gasteiger partial charge in [0.2, 0.25) is 20.0 Å². The van der Waals surface area contributed by atoms with Crippen molar-refractivity contribution in [1.82, 2.24) is 9.03 Å². The smallest absolute Gasteiger partial charge is 0.303 e. The number of unbranched alkanes of at least 4 members (excludes halogenated alkanes) is 1. The van der Waals surface area contributed by atoms with Gasteiger partial charge in [-0.1, -0.05) is 23.8 Å². The maximum Gasteiger partial charge on any atom is 0.303 e. The SMILES string of the molecule is COc1ccc(S(=O)(=O)N[C@@H]2C[C@@H](C=CCCCC(=O)O)N(S(=O)(=O)c3ccc(Cl)cc3)C2)cc1. The molecule has 1 fully saturated rings. The highest BCUT2D eigenvalue weighted by Gasteiger charge is 2.40. The lowest BCUT2D eigenvalue weighted by Gasteiger charge is -2.22. The number of carboxylic acids is 1. The average molecular weight is 543 g/mol. The van der Waals surface area contributed by atoms with Crippen LogP contribution in [-0.4, -0.2) is 58.0 Å². The molecule has 1 aliphatic rings. The van der Waals surface area contributed by atoms with Gasteiger partial charge in [0.1, 0.15) is 5.75 Å². The van der Waals surface area contributed by atoms with E-state index in [0.29, 0.717) is 23.6 Å². The third-order valence-corrected chi connectivity index (χ3v) is 9.22. The molecule has 0 saturated carbocycles. The molecule has 2 atom stereocenters. The third kappa shape index (κ3) is 7.05. The van der Waals surface area contributed by atoms with Crippen molar-refractivity contribution in [3.05, 3.63) is 65.7 Å². The molecule has 0 bridgehead atoms. The summed E-state index contributed by atoms with van der Waals surface area (Å²) >= 11 is 5.90. The Morgan fingerprint density at radius 3 is 2.34 bits per heavy atom. The molecule has 35 heavy (non-hydrogen) atoms. The van der Waals surface area contributed by atoms with Crippen LogP contribution >= 0.6 is 11.6 Å². The maximum absolute atomic E-state index is 13.4. The largest absolute Gasteiger partial charge is 0.497 e. The number of sulfonamides is 2. The molecule has 0 amide bonds. The van der Waals surface area contributed by atoms with E-state index in [-0.39, 0.29) is 29.2 Å². The van der Waals surface area contributed by atoms with Crippen LogP contribution in [0, 0.1) is 0 Å². The van der Waals surface area contributed by atoms with E-state index in [0.717, 1.165) is 0 Å². The molecular formula is C23H27ClN2O7S2. The van der Waals surface area contributed by atoms with Crippen LogP contribution in [0.5, 0.6) is 5.75 Å². The first-order valence-corrected chi connectivity index (χ1v) is 14.2. The molecule has 0 radical (unpaired) electrons. The summed E-state index contributed by atoms with van der Waals surface area (Å²) in [5.41, 5.74) is 0. The highest BCUT2D eigenvalue weighted by molar-refractivity contribution is 7.89. The quantitative estimate of drug-likeness (QED) is 0.329. The number of ether oxygens (including phenoxy) is 1. The number of carbonyl (C=O) groups is 1. The minimum atomic E-state index is -3.94. The molecule has 190 valence electrons. The van der Waals surface area contributed by atoms with Crippen LogP contribution in [0.15, 0.2) is 70.5 Å². The van der Waals surface area contributed by atoms with Crippen molar-refractivity contribution in [2.45, 2.75) is 47.6 Å². The lowest BCUT2D eigenvalue weighted by atomic mass is 10.1. The Bertz CT molecular complexity index is 1260. The van der Waals surface area contributed by atoms with Gasteiger partial charge in [-0.3, -0.25) is 4.79 Å². The number of aliphatic carboxylic acids is 1. The van der Waals surface area contributed by atoms with E-state index in [4.69, 9.17) is 21.4 Å². The summed E-state index contributed by atoms with van der Waals surface area (Å²) in [5.74, 6) is -0.391. The molecule has 1 heterocycles. The fourth-order valence-electron chi connectivity index (χ4n) is 3.78. The van der Waals surface area contributed by atoms with Crippen LogP contribution in [0.1, 0.15) is 25.7 Å². The lowest BCUT2D eigenvalue weighted by Crippen LogP contribution is -2.39. The molecule has 1 saturated heterocycles. The van der Waals surface area contributed by atoms with Gasteiger partial charge in [-0.05, 0) is 67.8 Å². The number of nitrogens with one attached hydrogen (secondary N) is 1.